The fraction of sp³-hybridized carbons (Fsp3) is 0.333. The first kappa shape index (κ1) is 9.63. The molecule has 0 spiro atoms. The number of halogens is 1. The number of ether oxygens (including phenoxy) is 1. The van der Waals surface area contributed by atoms with Crippen LogP contribution in [0, 0.1) is 0 Å². The van der Waals surface area contributed by atoms with Crippen LogP contribution < -0.4 is 0 Å². The first-order valence-corrected chi connectivity index (χ1v) is 4.63. The fourth-order valence-electron chi connectivity index (χ4n) is 0.660. The minimum atomic E-state index is -1.03. The van der Waals surface area contributed by atoms with Gasteiger partial charge in [0.25, 0.3) is 0 Å². The lowest BCUT2D eigenvalue weighted by atomic mass is 10.5. The Morgan fingerprint density at radius 1 is 1.83 bits per heavy atom. The fourth-order valence-corrected chi connectivity index (χ4v) is 2.23. The average molecular weight is 252 g/mol. The molecule has 0 radical (unpaired) electrons. The van der Waals surface area contributed by atoms with E-state index in [1.54, 1.807) is 0 Å². The molecule has 0 saturated carbocycles. The number of hydrogen-bond acceptors (Lipinski definition) is 4. The smallest absolute Gasteiger partial charge is 0.356 e. The van der Waals surface area contributed by atoms with Crippen molar-refractivity contribution in [2.24, 2.45) is 0 Å². The highest BCUT2D eigenvalue weighted by molar-refractivity contribution is 9.11. The van der Waals surface area contributed by atoms with Crippen molar-refractivity contribution < 1.29 is 14.6 Å². The second kappa shape index (κ2) is 3.97. The van der Waals surface area contributed by atoms with Gasteiger partial charge in [-0.15, -0.1) is 11.3 Å². The van der Waals surface area contributed by atoms with Crippen LogP contribution in [0.15, 0.2) is 3.79 Å². The summed E-state index contributed by atoms with van der Waals surface area (Å²) in [5.41, 5.74) is 0.0482. The zero-order valence-electron chi connectivity index (χ0n) is 6.20. The minimum Gasteiger partial charge on any atom is -0.476 e. The van der Waals surface area contributed by atoms with E-state index in [1.807, 2.05) is 0 Å². The van der Waals surface area contributed by atoms with E-state index >= 15 is 0 Å². The van der Waals surface area contributed by atoms with Crippen LogP contribution in [0.3, 0.4) is 0 Å². The number of methoxy groups -OCH3 is 1. The molecule has 6 heteroatoms. The molecule has 1 N–H and O–H groups in total. The van der Waals surface area contributed by atoms with Gasteiger partial charge in [-0.05, 0) is 15.9 Å². The summed E-state index contributed by atoms with van der Waals surface area (Å²) in [7, 11) is 1.54. The second-order valence-corrected chi connectivity index (χ2v) is 4.37. The van der Waals surface area contributed by atoms with Crippen LogP contribution in [-0.2, 0) is 11.3 Å². The molecule has 1 heterocycles. The molecule has 0 fully saturated rings. The highest BCUT2D eigenvalue weighted by atomic mass is 79.9. The van der Waals surface area contributed by atoms with Crippen molar-refractivity contribution in [3.05, 3.63) is 14.5 Å². The quantitative estimate of drug-likeness (QED) is 0.890. The first-order valence-electron chi connectivity index (χ1n) is 3.02. The summed E-state index contributed by atoms with van der Waals surface area (Å²) in [6, 6.07) is 0. The molecule has 0 aromatic carbocycles. The van der Waals surface area contributed by atoms with Crippen LogP contribution in [0.1, 0.15) is 15.5 Å². The maximum atomic E-state index is 10.5. The van der Waals surface area contributed by atoms with Crippen molar-refractivity contribution >= 4 is 33.2 Å². The van der Waals surface area contributed by atoms with Gasteiger partial charge in [0.15, 0.2) is 5.69 Å². The van der Waals surface area contributed by atoms with Gasteiger partial charge in [0, 0.05) is 7.11 Å². The van der Waals surface area contributed by atoms with E-state index in [2.05, 4.69) is 20.9 Å². The van der Waals surface area contributed by atoms with Gasteiger partial charge in [0.05, 0.1) is 6.61 Å². The van der Waals surface area contributed by atoms with E-state index in [-0.39, 0.29) is 5.69 Å². The van der Waals surface area contributed by atoms with Crippen LogP contribution in [0.4, 0.5) is 0 Å². The summed E-state index contributed by atoms with van der Waals surface area (Å²) in [5, 5.41) is 9.27. The van der Waals surface area contributed by atoms with Crippen molar-refractivity contribution in [3.8, 4) is 0 Å². The largest absolute Gasteiger partial charge is 0.476 e. The van der Waals surface area contributed by atoms with Crippen LogP contribution in [0.25, 0.3) is 0 Å². The Morgan fingerprint density at radius 2 is 2.50 bits per heavy atom. The summed E-state index contributed by atoms with van der Waals surface area (Å²) in [6.45, 7) is 0.344. The van der Waals surface area contributed by atoms with E-state index in [0.29, 0.717) is 15.4 Å². The molecule has 1 aromatic heterocycles. The number of thiazole rings is 1. The normalized spacial score (nSPS) is 10.2. The molecular weight excluding hydrogens is 246 g/mol. The van der Waals surface area contributed by atoms with Crippen molar-refractivity contribution in [2.45, 2.75) is 6.61 Å². The number of rotatable bonds is 3. The lowest BCUT2D eigenvalue weighted by Gasteiger charge is -1.88. The van der Waals surface area contributed by atoms with E-state index < -0.39 is 5.97 Å². The molecule has 12 heavy (non-hydrogen) atoms. The van der Waals surface area contributed by atoms with Crippen LogP contribution in [-0.4, -0.2) is 23.2 Å². The zero-order chi connectivity index (χ0) is 9.14. The minimum absolute atomic E-state index is 0.0482. The van der Waals surface area contributed by atoms with Crippen LogP contribution in [0.2, 0.25) is 0 Å². The van der Waals surface area contributed by atoms with E-state index in [9.17, 15) is 4.79 Å². The molecule has 66 valence electrons. The SMILES string of the molecule is COCc1nc(C(=O)O)c(Br)s1. The second-order valence-electron chi connectivity index (χ2n) is 1.97. The average Bonchev–Trinajstić information content (AvgIpc) is 2.32. The monoisotopic (exact) mass is 251 g/mol. The maximum absolute atomic E-state index is 10.5. The van der Waals surface area contributed by atoms with Gasteiger partial charge in [-0.3, -0.25) is 0 Å². The molecule has 0 atom stereocenters. The van der Waals surface area contributed by atoms with Gasteiger partial charge in [0.1, 0.15) is 8.79 Å². The molecule has 0 bridgehead atoms. The molecule has 1 aromatic rings. The molecule has 0 aliphatic rings. The van der Waals surface area contributed by atoms with Crippen molar-refractivity contribution in [1.82, 2.24) is 4.98 Å². The van der Waals surface area contributed by atoms with Crippen LogP contribution in [0.5, 0.6) is 0 Å². The van der Waals surface area contributed by atoms with E-state index in [0.717, 1.165) is 0 Å². The number of hydrogen-bond donors (Lipinski definition) is 1. The van der Waals surface area contributed by atoms with Gasteiger partial charge >= 0.3 is 5.97 Å². The van der Waals surface area contributed by atoms with Crippen LogP contribution >= 0.6 is 27.3 Å². The van der Waals surface area contributed by atoms with Gasteiger partial charge < -0.3 is 9.84 Å². The molecule has 0 unspecified atom stereocenters. The third-order valence-electron chi connectivity index (χ3n) is 1.10. The van der Waals surface area contributed by atoms with Crippen molar-refractivity contribution in [3.63, 3.8) is 0 Å². The topological polar surface area (TPSA) is 59.4 Å². The Morgan fingerprint density at radius 3 is 2.92 bits per heavy atom. The number of aromatic carboxylic acids is 1. The Bertz CT molecular complexity index is 299. The lowest BCUT2D eigenvalue weighted by Crippen LogP contribution is -1.98. The number of carbonyl (C=O) groups is 1. The predicted octanol–water partition coefficient (Wildman–Crippen LogP) is 1.75. The molecular formula is C6H6BrNO3S. The first-order chi connectivity index (χ1) is 5.65. The summed E-state index contributed by atoms with van der Waals surface area (Å²) in [6.07, 6.45) is 0. The standard InChI is InChI=1S/C6H6BrNO3S/c1-11-2-3-8-4(6(9)10)5(7)12-3/h2H2,1H3,(H,9,10). The summed E-state index contributed by atoms with van der Waals surface area (Å²) >= 11 is 4.37. The summed E-state index contributed by atoms with van der Waals surface area (Å²) in [5.74, 6) is -1.03. The van der Waals surface area contributed by atoms with Crippen molar-refractivity contribution in [1.29, 1.82) is 0 Å². The summed E-state index contributed by atoms with van der Waals surface area (Å²) in [4.78, 5) is 14.4. The van der Waals surface area contributed by atoms with Crippen molar-refractivity contribution in [2.75, 3.05) is 7.11 Å². The Kier molecular flexibility index (Phi) is 3.19. The number of aromatic nitrogens is 1. The van der Waals surface area contributed by atoms with E-state index in [1.165, 1.54) is 18.4 Å². The molecule has 0 aliphatic heterocycles. The highest BCUT2D eigenvalue weighted by Gasteiger charge is 2.14. The molecule has 0 amide bonds. The number of carboxylic acids is 1. The van der Waals surface area contributed by atoms with E-state index in [4.69, 9.17) is 9.84 Å². The van der Waals surface area contributed by atoms with Gasteiger partial charge in [-0.2, -0.15) is 0 Å². The van der Waals surface area contributed by atoms with Gasteiger partial charge in [-0.1, -0.05) is 0 Å². The number of nitrogens with zero attached hydrogens (tertiary/aromatic N) is 1. The molecule has 4 nitrogen and oxygen atoms in total. The molecule has 0 saturated heterocycles. The third-order valence-corrected chi connectivity index (χ3v) is 2.78. The number of carboxylic acid groups (broad SMARTS) is 1. The Hall–Kier alpha value is -0.460. The van der Waals surface area contributed by atoms with Gasteiger partial charge in [0.2, 0.25) is 0 Å². The zero-order valence-corrected chi connectivity index (χ0v) is 8.61. The van der Waals surface area contributed by atoms with Gasteiger partial charge in [-0.25, -0.2) is 9.78 Å². The summed E-state index contributed by atoms with van der Waals surface area (Å²) < 4.78 is 5.34. The third kappa shape index (κ3) is 2.02. The lowest BCUT2D eigenvalue weighted by molar-refractivity contribution is 0.0689. The maximum Gasteiger partial charge on any atom is 0.356 e. The molecule has 1 rings (SSSR count). The highest BCUT2D eigenvalue weighted by Crippen LogP contribution is 2.25. The molecule has 0 aliphatic carbocycles. The Labute approximate surface area is 81.3 Å². The Balaban J connectivity index is 2.92. The predicted molar refractivity (Wildman–Crippen MR) is 47.5 cm³/mol.